The fourth-order valence-corrected chi connectivity index (χ4v) is 3.18. The highest BCUT2D eigenvalue weighted by Gasteiger charge is 2.14. The van der Waals surface area contributed by atoms with E-state index in [-0.39, 0.29) is 5.91 Å². The Morgan fingerprint density at radius 2 is 2.10 bits per heavy atom. The van der Waals surface area contributed by atoms with E-state index in [1.807, 2.05) is 31.2 Å². The predicted octanol–water partition coefficient (Wildman–Crippen LogP) is 4.42. The van der Waals surface area contributed by atoms with Crippen molar-refractivity contribution in [3.05, 3.63) is 50.1 Å². The molecule has 1 heterocycles. The van der Waals surface area contributed by atoms with Crippen molar-refractivity contribution in [2.24, 2.45) is 0 Å². The van der Waals surface area contributed by atoms with Crippen LogP contribution in [0.3, 0.4) is 0 Å². The second-order valence-electron chi connectivity index (χ2n) is 4.17. The summed E-state index contributed by atoms with van der Waals surface area (Å²) in [5, 5.41) is 6.07. The molecular weight excluding hydrogens is 315 g/mol. The van der Waals surface area contributed by atoms with E-state index in [4.69, 9.17) is 23.2 Å². The molecule has 0 radical (unpaired) electrons. The van der Waals surface area contributed by atoms with Crippen molar-refractivity contribution in [3.63, 3.8) is 0 Å². The van der Waals surface area contributed by atoms with Crippen molar-refractivity contribution in [3.8, 4) is 0 Å². The van der Waals surface area contributed by atoms with Gasteiger partial charge in [0.2, 0.25) is 0 Å². The minimum atomic E-state index is -0.251. The Hall–Kier alpha value is -1.07. The lowest BCUT2D eigenvalue weighted by molar-refractivity contribution is 0.102. The Labute approximate surface area is 131 Å². The fourth-order valence-electron chi connectivity index (χ4n) is 1.72. The molecule has 0 aliphatic heterocycles. The Bertz CT molecular complexity index is 613. The second kappa shape index (κ2) is 7.09. The number of anilines is 1. The number of halogens is 2. The quantitative estimate of drug-likeness (QED) is 0.853. The minimum Gasteiger partial charge on any atom is -0.322 e. The van der Waals surface area contributed by atoms with Gasteiger partial charge in [-0.2, -0.15) is 0 Å². The van der Waals surface area contributed by atoms with Gasteiger partial charge < -0.3 is 10.6 Å². The number of carbonyl (C=O) groups excluding carboxylic acids is 1. The van der Waals surface area contributed by atoms with Gasteiger partial charge in [0, 0.05) is 12.2 Å². The van der Waals surface area contributed by atoms with E-state index in [0.717, 1.165) is 24.3 Å². The molecule has 1 aromatic heterocycles. The molecule has 0 saturated heterocycles. The van der Waals surface area contributed by atoms with E-state index in [2.05, 4.69) is 10.6 Å². The summed E-state index contributed by atoms with van der Waals surface area (Å²) < 4.78 is 0.900. The summed E-state index contributed by atoms with van der Waals surface area (Å²) >= 11 is 13.0. The lowest BCUT2D eigenvalue weighted by atomic mass is 10.2. The van der Waals surface area contributed by atoms with Gasteiger partial charge in [0.05, 0.1) is 9.90 Å². The Kier molecular flexibility index (Phi) is 5.43. The summed E-state index contributed by atoms with van der Waals surface area (Å²) in [5.41, 5.74) is 2.25. The highest BCUT2D eigenvalue weighted by Crippen LogP contribution is 2.31. The SMILES string of the molecule is CCNCc1cccc(NC(=O)c2cc(Cl)sc2Cl)c1. The van der Waals surface area contributed by atoms with Gasteiger partial charge >= 0.3 is 0 Å². The number of benzene rings is 1. The van der Waals surface area contributed by atoms with Gasteiger partial charge in [-0.05, 0) is 30.3 Å². The number of hydrogen-bond donors (Lipinski definition) is 2. The molecule has 2 aromatic rings. The fraction of sp³-hybridized carbons (Fsp3) is 0.214. The molecule has 2 rings (SSSR count). The Morgan fingerprint density at radius 3 is 2.75 bits per heavy atom. The predicted molar refractivity (Wildman–Crippen MR) is 86.1 cm³/mol. The van der Waals surface area contributed by atoms with Gasteiger partial charge in [0.1, 0.15) is 4.34 Å². The van der Waals surface area contributed by atoms with Gasteiger partial charge in [0.25, 0.3) is 5.91 Å². The third-order valence-electron chi connectivity index (χ3n) is 2.67. The molecule has 6 heteroatoms. The summed E-state index contributed by atoms with van der Waals surface area (Å²) in [7, 11) is 0. The Morgan fingerprint density at radius 1 is 1.30 bits per heavy atom. The lowest BCUT2D eigenvalue weighted by Crippen LogP contribution is -2.13. The van der Waals surface area contributed by atoms with E-state index in [0.29, 0.717) is 14.2 Å². The molecule has 3 nitrogen and oxygen atoms in total. The molecule has 0 aliphatic carbocycles. The molecule has 2 N–H and O–H groups in total. The van der Waals surface area contributed by atoms with Crippen LogP contribution in [-0.2, 0) is 6.54 Å². The molecular formula is C14H14Cl2N2OS. The van der Waals surface area contributed by atoms with E-state index >= 15 is 0 Å². The van der Waals surface area contributed by atoms with E-state index < -0.39 is 0 Å². The van der Waals surface area contributed by atoms with Crippen molar-refractivity contribution in [2.75, 3.05) is 11.9 Å². The third kappa shape index (κ3) is 3.96. The Balaban J connectivity index is 2.09. The first-order chi connectivity index (χ1) is 9.60. The molecule has 106 valence electrons. The zero-order valence-corrected chi connectivity index (χ0v) is 13.2. The van der Waals surface area contributed by atoms with Crippen LogP contribution in [0.15, 0.2) is 30.3 Å². The van der Waals surface area contributed by atoms with Crippen LogP contribution in [0.2, 0.25) is 8.67 Å². The average Bonchev–Trinajstić information content (AvgIpc) is 2.76. The van der Waals surface area contributed by atoms with Crippen LogP contribution in [0.4, 0.5) is 5.69 Å². The number of nitrogens with one attached hydrogen (secondary N) is 2. The van der Waals surface area contributed by atoms with Crippen molar-refractivity contribution < 1.29 is 4.79 Å². The van der Waals surface area contributed by atoms with E-state index in [9.17, 15) is 4.79 Å². The number of carbonyl (C=O) groups is 1. The second-order valence-corrected chi connectivity index (χ2v) is 6.46. The number of amides is 1. The summed E-state index contributed by atoms with van der Waals surface area (Å²) in [6.07, 6.45) is 0. The summed E-state index contributed by atoms with van der Waals surface area (Å²) in [6.45, 7) is 3.72. The first-order valence-corrected chi connectivity index (χ1v) is 7.73. The highest BCUT2D eigenvalue weighted by molar-refractivity contribution is 7.20. The monoisotopic (exact) mass is 328 g/mol. The van der Waals surface area contributed by atoms with Crippen LogP contribution in [0.5, 0.6) is 0 Å². The largest absolute Gasteiger partial charge is 0.322 e. The van der Waals surface area contributed by atoms with Crippen LogP contribution >= 0.6 is 34.5 Å². The van der Waals surface area contributed by atoms with Crippen molar-refractivity contribution >= 4 is 46.1 Å². The van der Waals surface area contributed by atoms with Crippen LogP contribution in [0.25, 0.3) is 0 Å². The molecule has 0 atom stereocenters. The molecule has 20 heavy (non-hydrogen) atoms. The minimum absolute atomic E-state index is 0.251. The van der Waals surface area contributed by atoms with Gasteiger partial charge in [0.15, 0.2) is 0 Å². The molecule has 0 aliphatic rings. The van der Waals surface area contributed by atoms with Crippen LogP contribution < -0.4 is 10.6 Å². The molecule has 1 amide bonds. The van der Waals surface area contributed by atoms with Crippen LogP contribution in [0.1, 0.15) is 22.8 Å². The summed E-state index contributed by atoms with van der Waals surface area (Å²) in [6, 6.07) is 9.27. The zero-order valence-electron chi connectivity index (χ0n) is 10.9. The van der Waals surface area contributed by atoms with Crippen LogP contribution in [-0.4, -0.2) is 12.5 Å². The molecule has 0 fully saturated rings. The highest BCUT2D eigenvalue weighted by atomic mass is 35.5. The van der Waals surface area contributed by atoms with E-state index in [1.165, 1.54) is 11.3 Å². The molecule has 0 bridgehead atoms. The van der Waals surface area contributed by atoms with Crippen molar-refractivity contribution in [1.82, 2.24) is 5.32 Å². The van der Waals surface area contributed by atoms with E-state index in [1.54, 1.807) is 6.07 Å². The summed E-state index contributed by atoms with van der Waals surface area (Å²) in [4.78, 5) is 12.1. The maximum Gasteiger partial charge on any atom is 0.258 e. The normalized spacial score (nSPS) is 10.6. The van der Waals surface area contributed by atoms with Gasteiger partial charge in [-0.15, -0.1) is 11.3 Å². The maximum atomic E-state index is 12.1. The average molecular weight is 329 g/mol. The van der Waals surface area contributed by atoms with Crippen LogP contribution in [0, 0.1) is 0 Å². The third-order valence-corrected chi connectivity index (χ3v) is 4.15. The van der Waals surface area contributed by atoms with Crippen molar-refractivity contribution in [2.45, 2.75) is 13.5 Å². The van der Waals surface area contributed by atoms with Gasteiger partial charge in [-0.1, -0.05) is 42.3 Å². The van der Waals surface area contributed by atoms with Crippen molar-refractivity contribution in [1.29, 1.82) is 0 Å². The maximum absolute atomic E-state index is 12.1. The van der Waals surface area contributed by atoms with Gasteiger partial charge in [-0.25, -0.2) is 0 Å². The first-order valence-electron chi connectivity index (χ1n) is 6.16. The molecule has 0 unspecified atom stereocenters. The smallest absolute Gasteiger partial charge is 0.258 e. The lowest BCUT2D eigenvalue weighted by Gasteiger charge is -2.07. The number of rotatable bonds is 5. The summed E-state index contributed by atoms with van der Waals surface area (Å²) in [5.74, 6) is -0.251. The molecule has 1 aromatic carbocycles. The number of thiophene rings is 1. The molecule has 0 spiro atoms. The molecule has 0 saturated carbocycles. The standard InChI is InChI=1S/C14H14Cl2N2OS/c1-2-17-8-9-4-3-5-10(6-9)18-14(19)11-7-12(15)20-13(11)16/h3-7,17H,2,8H2,1H3,(H,18,19). The topological polar surface area (TPSA) is 41.1 Å². The first kappa shape index (κ1) is 15.3. The zero-order chi connectivity index (χ0) is 14.5. The number of hydrogen-bond acceptors (Lipinski definition) is 3. The van der Waals surface area contributed by atoms with Gasteiger partial charge in [-0.3, -0.25) is 4.79 Å².